The maximum Gasteiger partial charge on any atom is 0.306 e. The molecule has 3 atom stereocenters. The topological polar surface area (TPSA) is 80.7 Å². The van der Waals surface area contributed by atoms with Crippen molar-refractivity contribution in [1.82, 2.24) is 10.3 Å². The number of benzene rings is 1. The van der Waals surface area contributed by atoms with E-state index in [4.69, 9.17) is 9.47 Å². The third-order valence-electron chi connectivity index (χ3n) is 4.32. The summed E-state index contributed by atoms with van der Waals surface area (Å²) in [6.45, 7) is 0.421. The van der Waals surface area contributed by atoms with Gasteiger partial charge in [-0.05, 0) is 24.1 Å². The zero-order valence-electron chi connectivity index (χ0n) is 14.1. The lowest BCUT2D eigenvalue weighted by atomic mass is 10.0. The van der Waals surface area contributed by atoms with Gasteiger partial charge in [0.25, 0.3) is 0 Å². The van der Waals surface area contributed by atoms with Crippen molar-refractivity contribution in [3.63, 3.8) is 0 Å². The lowest BCUT2D eigenvalue weighted by molar-refractivity contribution is -0.154. The minimum absolute atomic E-state index is 0.105. The van der Waals surface area contributed by atoms with Crippen molar-refractivity contribution in [2.24, 2.45) is 0 Å². The molecule has 1 aliphatic rings. The Labute approximate surface area is 150 Å². The van der Waals surface area contributed by atoms with Gasteiger partial charge in [-0.3, -0.25) is 4.79 Å². The van der Waals surface area contributed by atoms with E-state index in [1.807, 2.05) is 29.6 Å². The summed E-state index contributed by atoms with van der Waals surface area (Å²) in [5.74, 6) is 0.494. The Balaban J connectivity index is 1.55. The number of β-amino-alcohol motifs (C(OH)–C–C–N with tert-alkyl or cyclic N) is 1. The van der Waals surface area contributed by atoms with Crippen molar-refractivity contribution in [2.45, 2.75) is 37.5 Å². The minimum atomic E-state index is -0.688. The number of carbonyl (C=O) groups excluding carboxylic acids is 1. The van der Waals surface area contributed by atoms with Crippen LogP contribution >= 0.6 is 11.3 Å². The summed E-state index contributed by atoms with van der Waals surface area (Å²) in [7, 11) is 1.63. The van der Waals surface area contributed by atoms with Crippen molar-refractivity contribution >= 4 is 17.3 Å². The summed E-state index contributed by atoms with van der Waals surface area (Å²) >= 11 is 1.51. The number of hydrogen-bond acceptors (Lipinski definition) is 7. The fraction of sp³-hybridized carbons (Fsp3) is 0.444. The monoisotopic (exact) mass is 362 g/mol. The van der Waals surface area contributed by atoms with Crippen LogP contribution in [0, 0.1) is 0 Å². The summed E-state index contributed by atoms with van der Waals surface area (Å²) in [6, 6.07) is 7.65. The quantitative estimate of drug-likeness (QED) is 0.728. The average molecular weight is 362 g/mol. The van der Waals surface area contributed by atoms with Crippen molar-refractivity contribution in [2.75, 3.05) is 13.7 Å². The van der Waals surface area contributed by atoms with Gasteiger partial charge in [-0.2, -0.15) is 0 Å². The third-order valence-corrected chi connectivity index (χ3v) is 4.95. The van der Waals surface area contributed by atoms with Crippen LogP contribution in [0.25, 0.3) is 0 Å². The lowest BCUT2D eigenvalue weighted by Crippen LogP contribution is -2.39. The third kappa shape index (κ3) is 4.78. The highest BCUT2D eigenvalue weighted by atomic mass is 32.1. The second kappa shape index (κ2) is 8.42. The molecule has 25 heavy (non-hydrogen) atoms. The number of thiazole rings is 1. The first-order valence-corrected chi connectivity index (χ1v) is 9.21. The second-order valence-corrected chi connectivity index (χ2v) is 6.79. The molecule has 1 aromatic heterocycles. The lowest BCUT2D eigenvalue weighted by Gasteiger charge is -2.22. The molecule has 3 rings (SSSR count). The van der Waals surface area contributed by atoms with E-state index in [1.165, 1.54) is 11.3 Å². The van der Waals surface area contributed by atoms with Gasteiger partial charge in [0.05, 0.1) is 30.8 Å². The van der Waals surface area contributed by atoms with Gasteiger partial charge in [-0.15, -0.1) is 11.3 Å². The maximum atomic E-state index is 12.1. The molecule has 0 unspecified atom stereocenters. The van der Waals surface area contributed by atoms with Crippen molar-refractivity contribution in [3.8, 4) is 5.75 Å². The number of aliphatic hydroxyl groups excluding tert-OH is 1. The van der Waals surface area contributed by atoms with Crippen LogP contribution in [-0.2, 0) is 22.4 Å². The number of nitrogens with zero attached hydrogens (tertiary/aromatic N) is 1. The van der Waals surface area contributed by atoms with Gasteiger partial charge in [0.15, 0.2) is 0 Å². The molecule has 6 nitrogen and oxygen atoms in total. The number of hydrogen-bond donors (Lipinski definition) is 2. The molecule has 2 N–H and O–H groups in total. The Bertz CT molecular complexity index is 675. The highest BCUT2D eigenvalue weighted by Gasteiger charge is 2.37. The first-order chi connectivity index (χ1) is 12.2. The average Bonchev–Trinajstić information content (AvgIpc) is 3.26. The van der Waals surface area contributed by atoms with E-state index in [1.54, 1.807) is 12.6 Å². The molecule has 0 aliphatic carbocycles. The summed E-state index contributed by atoms with van der Waals surface area (Å²) in [5.41, 5.74) is 3.73. The standard InChI is InChI=1S/C18H22N2O4S/c1-23-14-5-2-12(3-6-14)8-15-18(16(21)9-19-15)24-17(22)7-4-13-10-25-11-20-13/h2-3,5-6,10-11,15-16,18-19,21H,4,7-9H2,1H3/t15-,16+,18+/m1/s1. The number of aliphatic hydroxyl groups is 1. The maximum absolute atomic E-state index is 12.1. The van der Waals surface area contributed by atoms with E-state index in [-0.39, 0.29) is 18.4 Å². The smallest absolute Gasteiger partial charge is 0.306 e. The molecule has 0 bridgehead atoms. The second-order valence-electron chi connectivity index (χ2n) is 6.07. The minimum Gasteiger partial charge on any atom is -0.497 e. The highest BCUT2D eigenvalue weighted by molar-refractivity contribution is 7.07. The first kappa shape index (κ1) is 17.8. The predicted molar refractivity (Wildman–Crippen MR) is 94.8 cm³/mol. The summed E-state index contributed by atoms with van der Waals surface area (Å²) < 4.78 is 10.7. The molecule has 1 saturated heterocycles. The molecule has 0 radical (unpaired) electrons. The summed E-state index contributed by atoms with van der Waals surface area (Å²) in [4.78, 5) is 16.3. The molecule has 2 aromatic rings. The molecule has 1 fully saturated rings. The number of nitrogens with one attached hydrogen (secondary N) is 1. The van der Waals surface area contributed by atoms with Crippen molar-refractivity contribution in [1.29, 1.82) is 0 Å². The Morgan fingerprint density at radius 2 is 2.20 bits per heavy atom. The van der Waals surface area contributed by atoms with Crippen LogP contribution in [0.3, 0.4) is 0 Å². The Morgan fingerprint density at radius 1 is 1.40 bits per heavy atom. The van der Waals surface area contributed by atoms with E-state index < -0.39 is 12.2 Å². The number of ether oxygens (including phenoxy) is 2. The Morgan fingerprint density at radius 3 is 2.88 bits per heavy atom. The number of carbonyl (C=O) groups is 1. The fourth-order valence-corrected chi connectivity index (χ4v) is 3.53. The molecule has 0 amide bonds. The van der Waals surface area contributed by atoms with Gasteiger partial charge >= 0.3 is 5.97 Å². The number of esters is 1. The first-order valence-electron chi connectivity index (χ1n) is 8.26. The van der Waals surface area contributed by atoms with E-state index in [0.717, 1.165) is 17.0 Å². The normalized spacial score (nSPS) is 22.7. The number of aryl methyl sites for hydroxylation is 1. The molecule has 1 aliphatic heterocycles. The summed E-state index contributed by atoms with van der Waals surface area (Å²) in [5, 5.41) is 15.3. The van der Waals surface area contributed by atoms with Gasteiger partial charge in [0, 0.05) is 18.3 Å². The van der Waals surface area contributed by atoms with Gasteiger partial charge in [0.1, 0.15) is 18.0 Å². The summed E-state index contributed by atoms with van der Waals surface area (Å²) in [6.07, 6.45) is 0.270. The molecule has 134 valence electrons. The number of methoxy groups -OCH3 is 1. The number of aromatic nitrogens is 1. The molecule has 0 spiro atoms. The van der Waals surface area contributed by atoms with E-state index in [9.17, 15) is 9.90 Å². The fourth-order valence-electron chi connectivity index (χ4n) is 2.94. The van der Waals surface area contributed by atoms with Crippen LogP contribution in [0.5, 0.6) is 5.75 Å². The molecule has 2 heterocycles. The number of rotatable bonds is 7. The Kier molecular flexibility index (Phi) is 6.01. The predicted octanol–water partition coefficient (Wildman–Crippen LogP) is 1.57. The molecule has 0 saturated carbocycles. The molecular weight excluding hydrogens is 340 g/mol. The largest absolute Gasteiger partial charge is 0.497 e. The zero-order valence-corrected chi connectivity index (χ0v) is 14.9. The highest BCUT2D eigenvalue weighted by Crippen LogP contribution is 2.20. The molecule has 7 heteroatoms. The van der Waals surface area contributed by atoms with Gasteiger partial charge in [-0.25, -0.2) is 4.98 Å². The van der Waals surface area contributed by atoms with Crippen LogP contribution in [-0.4, -0.2) is 48.0 Å². The van der Waals surface area contributed by atoms with E-state index in [2.05, 4.69) is 10.3 Å². The van der Waals surface area contributed by atoms with Gasteiger partial charge < -0.3 is 19.9 Å². The van der Waals surface area contributed by atoms with E-state index in [0.29, 0.717) is 19.4 Å². The van der Waals surface area contributed by atoms with Crippen LogP contribution in [0.4, 0.5) is 0 Å². The van der Waals surface area contributed by atoms with Gasteiger partial charge in [0.2, 0.25) is 0 Å². The molecular formula is C18H22N2O4S. The van der Waals surface area contributed by atoms with Crippen molar-refractivity contribution < 1.29 is 19.4 Å². The SMILES string of the molecule is COc1ccc(C[C@H]2NC[C@H](O)[C@H]2OC(=O)CCc2cscn2)cc1. The van der Waals surface area contributed by atoms with Crippen LogP contribution < -0.4 is 10.1 Å². The van der Waals surface area contributed by atoms with Crippen LogP contribution in [0.2, 0.25) is 0 Å². The van der Waals surface area contributed by atoms with Crippen LogP contribution in [0.1, 0.15) is 17.7 Å². The molecule has 1 aromatic carbocycles. The zero-order chi connectivity index (χ0) is 17.6. The van der Waals surface area contributed by atoms with Gasteiger partial charge in [-0.1, -0.05) is 12.1 Å². The van der Waals surface area contributed by atoms with Crippen molar-refractivity contribution in [3.05, 3.63) is 46.4 Å². The van der Waals surface area contributed by atoms with E-state index >= 15 is 0 Å². The Hall–Kier alpha value is -1.96. The van der Waals surface area contributed by atoms with Crippen LogP contribution in [0.15, 0.2) is 35.2 Å².